The molecule has 1 atom stereocenters. The van der Waals surface area contributed by atoms with Gasteiger partial charge >= 0.3 is 0 Å². The number of aryl methyl sites for hydroxylation is 2. The molecular weight excluding hydrogens is 216 g/mol. The molecule has 0 spiro atoms. The van der Waals surface area contributed by atoms with Crippen LogP contribution in [0.25, 0.3) is 0 Å². The minimum absolute atomic E-state index is 0.288. The molecule has 0 heterocycles. The second kappa shape index (κ2) is 6.64. The number of unbranched alkanes of at least 4 members (excludes halogenated alkanes) is 2. The van der Waals surface area contributed by atoms with Crippen LogP contribution in [0.3, 0.4) is 0 Å². The number of hydrogen-bond acceptors (Lipinski definition) is 0. The smallest absolute Gasteiger partial charge is 0.0455 e. The van der Waals surface area contributed by atoms with Crippen molar-refractivity contribution in [2.75, 3.05) is 0 Å². The highest BCUT2D eigenvalue weighted by Crippen LogP contribution is 2.31. The molecule has 0 aliphatic heterocycles. The monoisotopic (exact) mass is 242 g/mol. The van der Waals surface area contributed by atoms with Crippen LogP contribution in [0.2, 0.25) is 0 Å². The quantitative estimate of drug-likeness (QED) is 0.490. The Hall–Kier alpha value is -1.22. The summed E-state index contributed by atoms with van der Waals surface area (Å²) in [6, 6.07) is 2.28. The van der Waals surface area contributed by atoms with Crippen molar-refractivity contribution >= 4 is 0 Å². The Morgan fingerprint density at radius 2 is 1.72 bits per heavy atom. The normalized spacial score (nSPS) is 12.2. The first kappa shape index (κ1) is 14.8. The van der Waals surface area contributed by atoms with Crippen molar-refractivity contribution in [3.8, 4) is 12.3 Å². The first-order valence-electron chi connectivity index (χ1n) is 7.06. The molecule has 0 nitrogen and oxygen atoms in total. The molecule has 0 aliphatic rings. The molecule has 18 heavy (non-hydrogen) atoms. The van der Waals surface area contributed by atoms with Gasteiger partial charge in [0.25, 0.3) is 0 Å². The molecule has 0 heteroatoms. The van der Waals surface area contributed by atoms with Crippen LogP contribution in [-0.2, 0) is 0 Å². The minimum Gasteiger partial charge on any atom is -0.119 e. The van der Waals surface area contributed by atoms with Gasteiger partial charge in [-0.3, -0.25) is 0 Å². The van der Waals surface area contributed by atoms with Crippen molar-refractivity contribution in [3.63, 3.8) is 0 Å². The number of benzene rings is 1. The zero-order valence-corrected chi connectivity index (χ0v) is 12.6. The molecular formula is C18H26. The fraction of sp³-hybridized carbons (Fsp3) is 0.556. The molecule has 0 aromatic heterocycles. The first-order valence-corrected chi connectivity index (χ1v) is 7.06. The van der Waals surface area contributed by atoms with E-state index in [9.17, 15) is 0 Å². The van der Waals surface area contributed by atoms with Gasteiger partial charge in [0.05, 0.1) is 0 Å². The SMILES string of the molecule is C#CC(CCCCC)c1c(C)cc(C)c(C)c1C. The van der Waals surface area contributed by atoms with E-state index in [4.69, 9.17) is 6.42 Å². The Balaban J connectivity index is 3.07. The Morgan fingerprint density at radius 1 is 1.06 bits per heavy atom. The average molecular weight is 242 g/mol. The van der Waals surface area contributed by atoms with E-state index >= 15 is 0 Å². The van der Waals surface area contributed by atoms with Crippen molar-refractivity contribution in [1.82, 2.24) is 0 Å². The molecule has 0 radical (unpaired) electrons. The lowest BCUT2D eigenvalue weighted by molar-refractivity contribution is 0.634. The van der Waals surface area contributed by atoms with Gasteiger partial charge in [0.2, 0.25) is 0 Å². The fourth-order valence-electron chi connectivity index (χ4n) is 2.75. The van der Waals surface area contributed by atoms with Gasteiger partial charge in [-0.15, -0.1) is 6.42 Å². The predicted molar refractivity (Wildman–Crippen MR) is 81.1 cm³/mol. The summed E-state index contributed by atoms with van der Waals surface area (Å²) in [7, 11) is 0. The highest BCUT2D eigenvalue weighted by atomic mass is 14.2. The van der Waals surface area contributed by atoms with E-state index in [0.717, 1.165) is 6.42 Å². The molecule has 0 aliphatic carbocycles. The van der Waals surface area contributed by atoms with Gasteiger partial charge in [0, 0.05) is 5.92 Å². The van der Waals surface area contributed by atoms with E-state index in [1.165, 1.54) is 47.1 Å². The summed E-state index contributed by atoms with van der Waals surface area (Å²) in [4.78, 5) is 0. The van der Waals surface area contributed by atoms with Gasteiger partial charge in [-0.05, 0) is 61.9 Å². The molecule has 1 rings (SSSR count). The number of hydrogen-bond donors (Lipinski definition) is 0. The Morgan fingerprint density at radius 3 is 2.28 bits per heavy atom. The maximum absolute atomic E-state index is 5.76. The molecule has 1 unspecified atom stereocenters. The molecule has 1 aromatic carbocycles. The zero-order chi connectivity index (χ0) is 13.7. The standard InChI is InChI=1S/C18H26/c1-7-9-10-11-17(8-2)18-14(4)12-13(3)15(5)16(18)6/h2,12,17H,7,9-11H2,1,3-6H3. The van der Waals surface area contributed by atoms with Gasteiger partial charge < -0.3 is 0 Å². The van der Waals surface area contributed by atoms with Crippen molar-refractivity contribution in [2.45, 2.75) is 66.2 Å². The topological polar surface area (TPSA) is 0 Å². The van der Waals surface area contributed by atoms with Crippen LogP contribution in [0, 0.1) is 40.0 Å². The molecule has 0 saturated carbocycles. The van der Waals surface area contributed by atoms with E-state index in [-0.39, 0.29) is 5.92 Å². The van der Waals surface area contributed by atoms with E-state index in [2.05, 4.69) is 46.6 Å². The molecule has 1 aromatic rings. The van der Waals surface area contributed by atoms with Crippen LogP contribution < -0.4 is 0 Å². The predicted octanol–water partition coefficient (Wildman–Crippen LogP) is 5.22. The lowest BCUT2D eigenvalue weighted by Crippen LogP contribution is -2.05. The van der Waals surface area contributed by atoms with E-state index < -0.39 is 0 Å². The second-order valence-electron chi connectivity index (χ2n) is 5.39. The van der Waals surface area contributed by atoms with Crippen LogP contribution in [0.4, 0.5) is 0 Å². The largest absolute Gasteiger partial charge is 0.119 e. The maximum Gasteiger partial charge on any atom is 0.0455 e. The summed E-state index contributed by atoms with van der Waals surface area (Å²) in [5, 5.41) is 0. The van der Waals surface area contributed by atoms with E-state index in [1.807, 2.05) is 0 Å². The third kappa shape index (κ3) is 3.16. The summed E-state index contributed by atoms with van der Waals surface area (Å²) in [6.45, 7) is 11.0. The fourth-order valence-corrected chi connectivity index (χ4v) is 2.75. The zero-order valence-electron chi connectivity index (χ0n) is 12.6. The summed E-state index contributed by atoms with van der Waals surface area (Å²) >= 11 is 0. The van der Waals surface area contributed by atoms with Crippen molar-refractivity contribution < 1.29 is 0 Å². The third-order valence-corrected chi connectivity index (χ3v) is 4.06. The molecule has 0 saturated heterocycles. The minimum atomic E-state index is 0.288. The summed E-state index contributed by atoms with van der Waals surface area (Å²) in [5.41, 5.74) is 6.92. The summed E-state index contributed by atoms with van der Waals surface area (Å²) < 4.78 is 0. The molecule has 0 N–H and O–H groups in total. The van der Waals surface area contributed by atoms with Crippen LogP contribution in [0.15, 0.2) is 6.07 Å². The summed E-state index contributed by atoms with van der Waals surface area (Å²) in [6.07, 6.45) is 10.6. The molecule has 0 fully saturated rings. The van der Waals surface area contributed by atoms with Crippen LogP contribution >= 0.6 is 0 Å². The molecule has 98 valence electrons. The maximum atomic E-state index is 5.76. The highest BCUT2D eigenvalue weighted by molar-refractivity contribution is 5.47. The molecule has 0 bridgehead atoms. The third-order valence-electron chi connectivity index (χ3n) is 4.06. The van der Waals surface area contributed by atoms with E-state index in [1.54, 1.807) is 0 Å². The second-order valence-corrected chi connectivity index (χ2v) is 5.39. The van der Waals surface area contributed by atoms with Crippen molar-refractivity contribution in [2.24, 2.45) is 0 Å². The lowest BCUT2D eigenvalue weighted by atomic mass is 9.84. The van der Waals surface area contributed by atoms with Crippen molar-refractivity contribution in [3.05, 3.63) is 33.9 Å². The van der Waals surface area contributed by atoms with Crippen molar-refractivity contribution in [1.29, 1.82) is 0 Å². The van der Waals surface area contributed by atoms with Gasteiger partial charge in [-0.25, -0.2) is 0 Å². The van der Waals surface area contributed by atoms with Crippen LogP contribution in [0.1, 0.15) is 66.3 Å². The van der Waals surface area contributed by atoms with E-state index in [0.29, 0.717) is 0 Å². The van der Waals surface area contributed by atoms with Gasteiger partial charge in [-0.2, -0.15) is 0 Å². The lowest BCUT2D eigenvalue weighted by Gasteiger charge is -2.20. The highest BCUT2D eigenvalue weighted by Gasteiger charge is 2.16. The first-order chi connectivity index (χ1) is 8.52. The Kier molecular flexibility index (Phi) is 5.48. The number of terminal acetylenes is 1. The van der Waals surface area contributed by atoms with Crippen LogP contribution in [0.5, 0.6) is 0 Å². The van der Waals surface area contributed by atoms with Gasteiger partial charge in [-0.1, -0.05) is 38.2 Å². The van der Waals surface area contributed by atoms with Gasteiger partial charge in [0.1, 0.15) is 0 Å². The average Bonchev–Trinajstić information content (AvgIpc) is 2.34. The van der Waals surface area contributed by atoms with Gasteiger partial charge in [0.15, 0.2) is 0 Å². The number of rotatable bonds is 5. The molecule has 0 amide bonds. The summed E-state index contributed by atoms with van der Waals surface area (Å²) in [5.74, 6) is 3.29. The Labute approximate surface area is 113 Å². The van der Waals surface area contributed by atoms with Crippen LogP contribution in [-0.4, -0.2) is 0 Å². The Bertz CT molecular complexity index is 446.